The highest BCUT2D eigenvalue weighted by Gasteiger charge is 2.17. The average molecular weight is 504 g/mol. The van der Waals surface area contributed by atoms with Gasteiger partial charge in [-0.25, -0.2) is 0 Å². The van der Waals surface area contributed by atoms with Crippen LogP contribution in [0.4, 0.5) is 5.69 Å². The predicted octanol–water partition coefficient (Wildman–Crippen LogP) is 4.34. The van der Waals surface area contributed by atoms with Crippen molar-refractivity contribution >= 4 is 34.8 Å². The highest BCUT2D eigenvalue weighted by molar-refractivity contribution is 7.80. The second kappa shape index (κ2) is 12.8. The van der Waals surface area contributed by atoms with Gasteiger partial charge in [0, 0.05) is 36.4 Å². The molecule has 1 heterocycles. The molecule has 2 amide bonds. The van der Waals surface area contributed by atoms with Crippen molar-refractivity contribution in [3.05, 3.63) is 95.6 Å². The molecule has 0 spiro atoms. The van der Waals surface area contributed by atoms with E-state index in [1.54, 1.807) is 42.5 Å². The molecule has 0 radical (unpaired) electrons. The molecular formula is C28H29N3O4S. The summed E-state index contributed by atoms with van der Waals surface area (Å²) in [6.07, 6.45) is 2.83. The number of ether oxygens (including phenoxy) is 2. The number of amides is 2. The van der Waals surface area contributed by atoms with Crippen molar-refractivity contribution in [3.63, 3.8) is 0 Å². The molecule has 186 valence electrons. The summed E-state index contributed by atoms with van der Waals surface area (Å²) in [6.45, 7) is 1.74. The van der Waals surface area contributed by atoms with Gasteiger partial charge in [-0.15, -0.1) is 0 Å². The summed E-state index contributed by atoms with van der Waals surface area (Å²) in [5.41, 5.74) is 2.71. The third-order valence-corrected chi connectivity index (χ3v) is 5.93. The maximum atomic E-state index is 12.7. The van der Waals surface area contributed by atoms with E-state index in [1.807, 2.05) is 24.3 Å². The number of carbonyl (C=O) groups excluding carboxylic acids is 2. The lowest BCUT2D eigenvalue weighted by atomic mass is 10.1. The summed E-state index contributed by atoms with van der Waals surface area (Å²) in [5.74, 6) is 0.0684. The Morgan fingerprint density at radius 2 is 1.72 bits per heavy atom. The molecule has 1 fully saturated rings. The molecule has 3 aromatic rings. The van der Waals surface area contributed by atoms with Gasteiger partial charge in [0.2, 0.25) is 0 Å². The summed E-state index contributed by atoms with van der Waals surface area (Å²) < 4.78 is 11.4. The van der Waals surface area contributed by atoms with Crippen LogP contribution in [-0.4, -0.2) is 42.8 Å². The highest BCUT2D eigenvalue weighted by Crippen LogP contribution is 2.15. The molecule has 1 saturated heterocycles. The molecule has 4 rings (SSSR count). The zero-order chi connectivity index (χ0) is 25.2. The van der Waals surface area contributed by atoms with E-state index in [1.165, 1.54) is 5.56 Å². The largest absolute Gasteiger partial charge is 0.493 e. The van der Waals surface area contributed by atoms with Gasteiger partial charge in [-0.1, -0.05) is 42.5 Å². The van der Waals surface area contributed by atoms with Gasteiger partial charge in [0.1, 0.15) is 5.75 Å². The standard InChI is InChI=1S/C28H29N3O4S/c32-26(29-19-25-13-6-15-34-25)21-9-4-11-23(17-21)30-28(36)31-27(33)22-10-5-12-24(18-22)35-16-14-20-7-2-1-3-8-20/h1-5,7-12,17-18,25H,6,13-16,19H2,(H,29,32)(H2,30,31,33,36). The molecule has 7 nitrogen and oxygen atoms in total. The molecule has 0 aliphatic carbocycles. The van der Waals surface area contributed by atoms with E-state index in [0.717, 1.165) is 25.9 Å². The van der Waals surface area contributed by atoms with Crippen LogP contribution in [0, 0.1) is 0 Å². The van der Waals surface area contributed by atoms with Crippen LogP contribution in [0.2, 0.25) is 0 Å². The predicted molar refractivity (Wildman–Crippen MR) is 144 cm³/mol. The number of anilines is 1. The van der Waals surface area contributed by atoms with Crippen molar-refractivity contribution in [2.45, 2.75) is 25.4 Å². The third kappa shape index (κ3) is 7.63. The molecule has 36 heavy (non-hydrogen) atoms. The number of hydrogen-bond acceptors (Lipinski definition) is 5. The van der Waals surface area contributed by atoms with E-state index >= 15 is 0 Å². The Labute approximate surface area is 216 Å². The third-order valence-electron chi connectivity index (χ3n) is 5.72. The number of carbonyl (C=O) groups is 2. The van der Waals surface area contributed by atoms with Gasteiger partial charge in [0.15, 0.2) is 5.11 Å². The topological polar surface area (TPSA) is 88.7 Å². The Balaban J connectivity index is 1.26. The first-order valence-electron chi connectivity index (χ1n) is 12.0. The van der Waals surface area contributed by atoms with E-state index in [0.29, 0.717) is 35.7 Å². The maximum Gasteiger partial charge on any atom is 0.257 e. The molecule has 1 unspecified atom stereocenters. The fourth-order valence-corrected chi connectivity index (χ4v) is 4.06. The van der Waals surface area contributed by atoms with Crippen LogP contribution in [-0.2, 0) is 11.2 Å². The van der Waals surface area contributed by atoms with Crippen LogP contribution in [0.1, 0.15) is 39.1 Å². The van der Waals surface area contributed by atoms with E-state index < -0.39 is 0 Å². The second-order valence-electron chi connectivity index (χ2n) is 8.45. The Hall–Kier alpha value is -3.75. The van der Waals surface area contributed by atoms with Gasteiger partial charge in [-0.3, -0.25) is 14.9 Å². The van der Waals surface area contributed by atoms with Crippen molar-refractivity contribution in [1.29, 1.82) is 0 Å². The van der Waals surface area contributed by atoms with E-state index in [-0.39, 0.29) is 23.0 Å². The molecule has 0 bridgehead atoms. The molecule has 1 aliphatic rings. The first-order chi connectivity index (χ1) is 17.6. The summed E-state index contributed by atoms with van der Waals surface area (Å²) in [7, 11) is 0. The van der Waals surface area contributed by atoms with Crippen LogP contribution >= 0.6 is 12.2 Å². The SMILES string of the molecule is O=C(NCC1CCCO1)c1cccc(NC(=S)NC(=O)c2cccc(OCCc3ccccc3)c2)c1. The normalized spacial score (nSPS) is 14.6. The van der Waals surface area contributed by atoms with Crippen molar-refractivity contribution in [3.8, 4) is 5.75 Å². The zero-order valence-corrected chi connectivity index (χ0v) is 20.7. The molecule has 0 saturated carbocycles. The lowest BCUT2D eigenvalue weighted by molar-refractivity contribution is 0.0857. The zero-order valence-electron chi connectivity index (χ0n) is 19.9. The first-order valence-corrected chi connectivity index (χ1v) is 12.4. The lowest BCUT2D eigenvalue weighted by Gasteiger charge is -2.13. The monoisotopic (exact) mass is 503 g/mol. The Bertz CT molecular complexity index is 1200. The fraction of sp³-hybridized carbons (Fsp3) is 0.250. The molecular weight excluding hydrogens is 474 g/mol. The lowest BCUT2D eigenvalue weighted by Crippen LogP contribution is -2.34. The Morgan fingerprint density at radius 1 is 0.944 bits per heavy atom. The van der Waals surface area contributed by atoms with Crippen molar-refractivity contribution in [2.75, 3.05) is 25.1 Å². The van der Waals surface area contributed by atoms with E-state index in [2.05, 4.69) is 28.1 Å². The number of hydrogen-bond donors (Lipinski definition) is 3. The first kappa shape index (κ1) is 25.3. The number of rotatable bonds is 9. The summed E-state index contributed by atoms with van der Waals surface area (Å²) in [5, 5.41) is 8.67. The van der Waals surface area contributed by atoms with E-state index in [4.69, 9.17) is 21.7 Å². The van der Waals surface area contributed by atoms with Gasteiger partial charge in [-0.2, -0.15) is 0 Å². The molecule has 3 aromatic carbocycles. The van der Waals surface area contributed by atoms with Gasteiger partial charge in [0.05, 0.1) is 12.7 Å². The summed E-state index contributed by atoms with van der Waals surface area (Å²) >= 11 is 5.31. The van der Waals surface area contributed by atoms with Gasteiger partial charge in [-0.05, 0) is 67.0 Å². The number of nitrogens with one attached hydrogen (secondary N) is 3. The molecule has 0 aromatic heterocycles. The molecule has 1 aliphatic heterocycles. The maximum absolute atomic E-state index is 12.7. The van der Waals surface area contributed by atoms with E-state index in [9.17, 15) is 9.59 Å². The van der Waals surface area contributed by atoms with Crippen LogP contribution < -0.4 is 20.7 Å². The summed E-state index contributed by atoms with van der Waals surface area (Å²) in [6, 6.07) is 24.0. The van der Waals surface area contributed by atoms with Crippen molar-refractivity contribution in [1.82, 2.24) is 10.6 Å². The van der Waals surface area contributed by atoms with Crippen LogP contribution in [0.3, 0.4) is 0 Å². The summed E-state index contributed by atoms with van der Waals surface area (Å²) in [4.78, 5) is 25.2. The Kier molecular flexibility index (Phi) is 9.02. The van der Waals surface area contributed by atoms with Crippen molar-refractivity contribution in [2.24, 2.45) is 0 Å². The number of benzene rings is 3. The van der Waals surface area contributed by atoms with Gasteiger partial charge < -0.3 is 20.1 Å². The van der Waals surface area contributed by atoms with Crippen LogP contribution in [0.5, 0.6) is 5.75 Å². The quantitative estimate of drug-likeness (QED) is 0.377. The minimum atomic E-state index is -0.355. The minimum Gasteiger partial charge on any atom is -0.493 e. The Morgan fingerprint density at radius 3 is 2.50 bits per heavy atom. The second-order valence-corrected chi connectivity index (χ2v) is 8.85. The molecule has 3 N–H and O–H groups in total. The molecule has 8 heteroatoms. The highest BCUT2D eigenvalue weighted by atomic mass is 32.1. The van der Waals surface area contributed by atoms with Gasteiger partial charge in [0.25, 0.3) is 11.8 Å². The van der Waals surface area contributed by atoms with Crippen LogP contribution in [0.25, 0.3) is 0 Å². The average Bonchev–Trinajstić information content (AvgIpc) is 3.42. The molecule has 1 atom stereocenters. The van der Waals surface area contributed by atoms with Crippen LogP contribution in [0.15, 0.2) is 78.9 Å². The minimum absolute atomic E-state index is 0.0748. The van der Waals surface area contributed by atoms with Crippen molar-refractivity contribution < 1.29 is 19.1 Å². The van der Waals surface area contributed by atoms with Gasteiger partial charge >= 0.3 is 0 Å². The number of thiocarbonyl (C=S) groups is 1. The fourth-order valence-electron chi connectivity index (χ4n) is 3.85. The smallest absolute Gasteiger partial charge is 0.257 e.